The first-order valence-electron chi connectivity index (χ1n) is 14.8. The van der Waals surface area contributed by atoms with E-state index >= 15 is 0 Å². The maximum absolute atomic E-state index is 3.86. The van der Waals surface area contributed by atoms with Crippen molar-refractivity contribution in [1.82, 2.24) is 0 Å². The van der Waals surface area contributed by atoms with Crippen LogP contribution in [-0.2, 0) is 30.7 Å². The molecule has 42 heavy (non-hydrogen) atoms. The quantitative estimate of drug-likeness (QED) is 0.339. The summed E-state index contributed by atoms with van der Waals surface area (Å²) < 4.78 is 1.42. The molecule has 214 valence electrons. The van der Waals surface area contributed by atoms with Crippen LogP contribution in [0, 0.1) is 5.41 Å². The number of hydrogen-bond donors (Lipinski definition) is 0. The van der Waals surface area contributed by atoms with Crippen molar-refractivity contribution < 1.29 is 49.0 Å². The molecule has 0 bridgehead atoms. The van der Waals surface area contributed by atoms with Gasteiger partial charge in [-0.1, -0.05) is 86.4 Å². The van der Waals surface area contributed by atoms with Gasteiger partial charge in [0.15, 0.2) is 0 Å². The van der Waals surface area contributed by atoms with Gasteiger partial charge in [-0.05, 0) is 37.5 Å². The molecule has 0 spiro atoms. The SMILES string of the molecule is CCC1=CC(CC)(CC)C(C2=CC=CC2)=C2[C-]=c3cc(CC)ccc3=C12.[Cl-].[Cl-].[Zr+2]=[C](c1ccccc1)c1ccccc1. The molecule has 0 fully saturated rings. The van der Waals surface area contributed by atoms with Crippen LogP contribution in [0.2, 0.25) is 0 Å². The Morgan fingerprint density at radius 2 is 1.43 bits per heavy atom. The number of rotatable bonds is 7. The maximum atomic E-state index is 3.86. The van der Waals surface area contributed by atoms with Crippen LogP contribution in [0.1, 0.15) is 70.1 Å². The summed E-state index contributed by atoms with van der Waals surface area (Å²) in [6, 6.07) is 28.1. The zero-order valence-corrected chi connectivity index (χ0v) is 29.1. The van der Waals surface area contributed by atoms with Crippen LogP contribution in [0.3, 0.4) is 0 Å². The molecule has 0 saturated heterocycles. The van der Waals surface area contributed by atoms with E-state index in [9.17, 15) is 0 Å². The van der Waals surface area contributed by atoms with Crippen LogP contribution in [-0.4, -0.2) is 3.21 Å². The molecule has 3 heteroatoms. The molecule has 0 atom stereocenters. The summed E-state index contributed by atoms with van der Waals surface area (Å²) in [4.78, 5) is 0. The predicted molar refractivity (Wildman–Crippen MR) is 168 cm³/mol. The van der Waals surface area contributed by atoms with E-state index in [2.05, 4.69) is 137 Å². The van der Waals surface area contributed by atoms with Gasteiger partial charge in [-0.2, -0.15) is 0 Å². The average molecular weight is 670 g/mol. The zero-order valence-electron chi connectivity index (χ0n) is 25.1. The van der Waals surface area contributed by atoms with Gasteiger partial charge in [-0.25, -0.2) is 0 Å². The first kappa shape index (κ1) is 34.2. The van der Waals surface area contributed by atoms with Gasteiger partial charge in [-0.15, -0.1) is 33.7 Å². The molecule has 0 aliphatic heterocycles. The average Bonchev–Trinajstić information content (AvgIpc) is 3.69. The monoisotopic (exact) mass is 667 g/mol. The summed E-state index contributed by atoms with van der Waals surface area (Å²) in [6.45, 7) is 9.22. The summed E-state index contributed by atoms with van der Waals surface area (Å²) in [6.07, 6.45) is 18.8. The first-order chi connectivity index (χ1) is 19.5. The van der Waals surface area contributed by atoms with Crippen LogP contribution < -0.4 is 35.3 Å². The molecule has 6 rings (SSSR count). The Hall–Kier alpha value is -2.31. The Balaban J connectivity index is 0.000000258. The summed E-state index contributed by atoms with van der Waals surface area (Å²) in [7, 11) is 0. The third-order valence-electron chi connectivity index (χ3n) is 8.65. The number of halogens is 2. The Labute approximate surface area is 279 Å². The van der Waals surface area contributed by atoms with Crippen molar-refractivity contribution >= 4 is 14.9 Å². The third-order valence-corrected chi connectivity index (χ3v) is 10.1. The van der Waals surface area contributed by atoms with Gasteiger partial charge in [0.25, 0.3) is 0 Å². The Morgan fingerprint density at radius 1 is 0.810 bits per heavy atom. The fraction of sp³-hybridized carbons (Fsp3) is 0.256. The molecule has 3 aliphatic carbocycles. The summed E-state index contributed by atoms with van der Waals surface area (Å²) in [5.41, 5.74) is 11.6. The molecular weight excluding hydrogens is 631 g/mol. The van der Waals surface area contributed by atoms with Gasteiger partial charge < -0.3 is 24.8 Å². The van der Waals surface area contributed by atoms with E-state index < -0.39 is 0 Å². The van der Waals surface area contributed by atoms with Crippen LogP contribution in [0.15, 0.2) is 125 Å². The van der Waals surface area contributed by atoms with Crippen LogP contribution in [0.25, 0.3) is 11.6 Å². The minimum atomic E-state index is 0. The number of hydrogen-bond acceptors (Lipinski definition) is 0. The molecule has 0 aromatic heterocycles. The molecule has 0 amide bonds. The molecule has 3 aromatic rings. The molecule has 0 N–H and O–H groups in total. The van der Waals surface area contributed by atoms with Gasteiger partial charge in [0, 0.05) is 0 Å². The topological polar surface area (TPSA) is 0 Å². The predicted octanol–water partition coefficient (Wildman–Crippen LogP) is 2.22. The van der Waals surface area contributed by atoms with Crippen LogP contribution in [0.5, 0.6) is 0 Å². The Kier molecular flexibility index (Phi) is 12.6. The fourth-order valence-corrected chi connectivity index (χ4v) is 7.11. The van der Waals surface area contributed by atoms with E-state index in [-0.39, 0.29) is 30.2 Å². The van der Waals surface area contributed by atoms with E-state index in [1.165, 1.54) is 82.4 Å². The van der Waals surface area contributed by atoms with Crippen molar-refractivity contribution in [2.45, 2.75) is 59.8 Å². The van der Waals surface area contributed by atoms with Crippen LogP contribution in [0.4, 0.5) is 0 Å². The second-order valence-corrected chi connectivity index (χ2v) is 12.0. The van der Waals surface area contributed by atoms with E-state index in [0.717, 1.165) is 32.1 Å². The molecule has 3 aromatic carbocycles. The third kappa shape index (κ3) is 6.75. The van der Waals surface area contributed by atoms with Gasteiger partial charge in [0.2, 0.25) is 0 Å². The molecular formula is C39H39Cl2Zr-. The van der Waals surface area contributed by atoms with Gasteiger partial charge >= 0.3 is 99.2 Å². The van der Waals surface area contributed by atoms with Gasteiger partial charge in [0.05, 0.1) is 0 Å². The van der Waals surface area contributed by atoms with Crippen molar-refractivity contribution in [2.24, 2.45) is 5.41 Å². The summed E-state index contributed by atoms with van der Waals surface area (Å²) in [5.74, 6) is 0. The standard InChI is InChI=1S/C26H29.C13H10.2ClH.Zr/c1-5-18-13-14-22-21(15-18)16-23-24(22)19(6-2)17-26(7-3,8-4)25(23)20-11-9-10-12-20;1-3-7-12(8-4-1)11-13-9-5-2-6-10-13;;;/h9-11,13-15,17H,5-8,12H2,1-4H3;1-10H;2*1H;/q-1;;;;+2/p-2. The minimum absolute atomic E-state index is 0. The van der Waals surface area contributed by atoms with E-state index in [4.69, 9.17) is 0 Å². The van der Waals surface area contributed by atoms with E-state index in [1.807, 2.05) is 0 Å². The van der Waals surface area contributed by atoms with Crippen LogP contribution >= 0.6 is 0 Å². The van der Waals surface area contributed by atoms with E-state index in [0.29, 0.717) is 0 Å². The molecule has 0 unspecified atom stereocenters. The molecule has 0 saturated carbocycles. The van der Waals surface area contributed by atoms with Gasteiger partial charge in [0.1, 0.15) is 0 Å². The summed E-state index contributed by atoms with van der Waals surface area (Å²) in [5, 5.41) is 2.68. The Morgan fingerprint density at radius 3 is 1.93 bits per heavy atom. The van der Waals surface area contributed by atoms with Crippen molar-refractivity contribution in [3.63, 3.8) is 0 Å². The van der Waals surface area contributed by atoms with Crippen molar-refractivity contribution in [1.29, 1.82) is 0 Å². The van der Waals surface area contributed by atoms with Gasteiger partial charge in [-0.3, -0.25) is 0 Å². The second-order valence-electron chi connectivity index (χ2n) is 10.8. The molecule has 0 radical (unpaired) electrons. The van der Waals surface area contributed by atoms with Crippen molar-refractivity contribution in [2.75, 3.05) is 0 Å². The second kappa shape index (κ2) is 15.4. The number of benzene rings is 3. The summed E-state index contributed by atoms with van der Waals surface area (Å²) >= 11 is 1.46. The molecule has 0 heterocycles. The first-order valence-corrected chi connectivity index (χ1v) is 16.1. The van der Waals surface area contributed by atoms with Crippen molar-refractivity contribution in [3.8, 4) is 0 Å². The van der Waals surface area contributed by atoms with Crippen molar-refractivity contribution in [3.05, 3.63) is 153 Å². The zero-order chi connectivity index (χ0) is 28.1. The fourth-order valence-electron chi connectivity index (χ4n) is 6.29. The number of aryl methyl sites for hydroxylation is 1. The molecule has 3 aliphatic rings. The molecule has 0 nitrogen and oxygen atoms in total. The number of allylic oxidation sites excluding steroid dienone is 8. The number of fused-ring (bicyclic) bond motifs is 2. The normalized spacial score (nSPS) is 15.6. The van der Waals surface area contributed by atoms with E-state index in [1.54, 1.807) is 0 Å². The Bertz CT molecular complexity index is 1610.